The van der Waals surface area contributed by atoms with Gasteiger partial charge >= 0.3 is 0 Å². The zero-order valence-corrected chi connectivity index (χ0v) is 7.44. The molecule has 0 amide bonds. The van der Waals surface area contributed by atoms with Crippen LogP contribution in [0.3, 0.4) is 0 Å². The van der Waals surface area contributed by atoms with Gasteiger partial charge in [-0.05, 0) is 5.92 Å². The molecule has 5 unspecified atom stereocenters. The minimum absolute atomic E-state index is 0.265. The van der Waals surface area contributed by atoms with Crippen LogP contribution in [0.1, 0.15) is 6.92 Å². The van der Waals surface area contributed by atoms with Crippen molar-refractivity contribution in [2.24, 2.45) is 5.92 Å². The number of alkyl halides is 2. The maximum absolute atomic E-state index is 6.13. The maximum Gasteiger partial charge on any atom is 0.0544 e. The van der Waals surface area contributed by atoms with Gasteiger partial charge in [0.1, 0.15) is 0 Å². The fourth-order valence-electron chi connectivity index (χ4n) is 1.65. The summed E-state index contributed by atoms with van der Waals surface area (Å²) in [7, 11) is 0. The molecule has 0 bridgehead atoms. The van der Waals surface area contributed by atoms with Crippen LogP contribution >= 0.6 is 23.2 Å². The lowest BCUT2D eigenvalue weighted by atomic mass is 9.98. The predicted molar refractivity (Wildman–Crippen MR) is 43.8 cm³/mol. The van der Waals surface area contributed by atoms with E-state index in [1.165, 1.54) is 6.54 Å². The average molecular weight is 180 g/mol. The van der Waals surface area contributed by atoms with Crippen molar-refractivity contribution in [1.82, 2.24) is 4.90 Å². The molecule has 0 aromatic rings. The summed E-state index contributed by atoms with van der Waals surface area (Å²) >= 11 is 12.2. The van der Waals surface area contributed by atoms with Crippen molar-refractivity contribution in [3.63, 3.8) is 0 Å². The Bertz CT molecular complexity index is 149. The Labute approximate surface area is 71.3 Å². The van der Waals surface area contributed by atoms with Crippen molar-refractivity contribution in [2.75, 3.05) is 13.1 Å². The summed E-state index contributed by atoms with van der Waals surface area (Å²) in [5.41, 5.74) is 0. The first-order chi connectivity index (χ1) is 4.70. The fraction of sp³-hybridized carbons (Fsp3) is 1.00. The monoisotopic (exact) mass is 179 g/mol. The Morgan fingerprint density at radius 3 is 2.70 bits per heavy atom. The zero-order valence-electron chi connectivity index (χ0n) is 5.93. The minimum Gasteiger partial charge on any atom is -0.295 e. The highest BCUT2D eigenvalue weighted by atomic mass is 35.5. The number of nitrogens with zero attached hydrogens (tertiary/aromatic N) is 1. The van der Waals surface area contributed by atoms with Gasteiger partial charge in [-0.15, -0.1) is 23.2 Å². The fourth-order valence-corrected chi connectivity index (χ4v) is 2.47. The summed E-state index contributed by atoms with van der Waals surface area (Å²) in [5.74, 6) is 0.479. The normalized spacial score (nSPS) is 59.7. The molecule has 0 aliphatic carbocycles. The highest BCUT2D eigenvalue weighted by Crippen LogP contribution is 2.38. The van der Waals surface area contributed by atoms with E-state index >= 15 is 0 Å². The Balaban J connectivity index is 2.07. The molecule has 5 atom stereocenters. The molecule has 0 spiro atoms. The van der Waals surface area contributed by atoms with Gasteiger partial charge in [-0.1, -0.05) is 6.92 Å². The Morgan fingerprint density at radius 2 is 2.00 bits per heavy atom. The van der Waals surface area contributed by atoms with Crippen LogP contribution in [0.4, 0.5) is 0 Å². The van der Waals surface area contributed by atoms with Gasteiger partial charge in [0.25, 0.3) is 0 Å². The number of rotatable bonds is 0. The molecule has 3 heteroatoms. The lowest BCUT2D eigenvalue weighted by molar-refractivity contribution is 0.345. The summed E-state index contributed by atoms with van der Waals surface area (Å²) in [5, 5.41) is 0.553. The van der Waals surface area contributed by atoms with Crippen LogP contribution in [0, 0.1) is 5.92 Å². The third-order valence-corrected chi connectivity index (χ3v) is 3.83. The van der Waals surface area contributed by atoms with Crippen molar-refractivity contribution >= 4 is 23.2 Å². The molecule has 2 heterocycles. The van der Waals surface area contributed by atoms with E-state index < -0.39 is 0 Å². The average Bonchev–Trinajstić information content (AvgIpc) is 2.62. The topological polar surface area (TPSA) is 3.01 Å². The molecule has 58 valence electrons. The van der Waals surface area contributed by atoms with Gasteiger partial charge in [0.15, 0.2) is 0 Å². The van der Waals surface area contributed by atoms with E-state index in [4.69, 9.17) is 23.2 Å². The number of hydrogen-bond acceptors (Lipinski definition) is 1. The molecule has 2 fully saturated rings. The van der Waals surface area contributed by atoms with Crippen LogP contribution in [0.15, 0.2) is 0 Å². The van der Waals surface area contributed by atoms with E-state index in [0.29, 0.717) is 12.0 Å². The van der Waals surface area contributed by atoms with E-state index in [2.05, 4.69) is 11.8 Å². The van der Waals surface area contributed by atoms with Crippen LogP contribution in [-0.4, -0.2) is 34.8 Å². The predicted octanol–water partition coefficient (Wildman–Crippen LogP) is 1.54. The van der Waals surface area contributed by atoms with Gasteiger partial charge in [-0.25, -0.2) is 0 Å². The van der Waals surface area contributed by atoms with Gasteiger partial charge in [-0.2, -0.15) is 0 Å². The Hall–Kier alpha value is 0.540. The quantitative estimate of drug-likeness (QED) is 0.403. The van der Waals surface area contributed by atoms with Crippen molar-refractivity contribution in [1.29, 1.82) is 0 Å². The zero-order chi connectivity index (χ0) is 7.30. The minimum atomic E-state index is 0.265. The summed E-state index contributed by atoms with van der Waals surface area (Å²) < 4.78 is 0. The first-order valence-corrected chi connectivity index (χ1v) is 4.59. The Morgan fingerprint density at radius 1 is 1.30 bits per heavy atom. The summed E-state index contributed by atoms with van der Waals surface area (Å²) in [4.78, 5) is 2.34. The lowest BCUT2D eigenvalue weighted by Crippen LogP contribution is -2.37. The second-order valence-electron chi connectivity index (χ2n) is 3.34. The third kappa shape index (κ3) is 0.956. The number of fused-ring (bicyclic) bond motifs is 1. The molecule has 0 aromatic heterocycles. The highest BCUT2D eigenvalue weighted by molar-refractivity contribution is 6.24. The molecule has 2 rings (SSSR count). The second kappa shape index (κ2) is 2.26. The number of piperidine rings is 1. The number of halogens is 2. The molecular formula is C7H11Cl2N. The summed E-state index contributed by atoms with van der Waals surface area (Å²) in [6.07, 6.45) is 0. The smallest absolute Gasteiger partial charge is 0.0544 e. The van der Waals surface area contributed by atoms with E-state index in [9.17, 15) is 0 Å². The third-order valence-electron chi connectivity index (χ3n) is 2.61. The van der Waals surface area contributed by atoms with Crippen LogP contribution in [0.25, 0.3) is 0 Å². The maximum atomic E-state index is 6.13. The van der Waals surface area contributed by atoms with Crippen LogP contribution < -0.4 is 0 Å². The molecule has 2 saturated heterocycles. The second-order valence-corrected chi connectivity index (χ2v) is 4.41. The first kappa shape index (κ1) is 7.20. The van der Waals surface area contributed by atoms with Crippen molar-refractivity contribution in [2.45, 2.75) is 23.7 Å². The molecule has 2 aliphatic heterocycles. The molecule has 0 N–H and O–H groups in total. The van der Waals surface area contributed by atoms with Gasteiger partial charge in [0.05, 0.1) is 10.8 Å². The number of hydrogen-bond donors (Lipinski definition) is 0. The lowest BCUT2D eigenvalue weighted by Gasteiger charge is -2.28. The SMILES string of the molecule is CC1C(Cl)CN2CC2C1Cl. The summed E-state index contributed by atoms with van der Waals surface area (Å²) in [6.45, 7) is 4.35. The molecule has 0 radical (unpaired) electrons. The molecule has 0 aromatic carbocycles. The van der Waals surface area contributed by atoms with Crippen molar-refractivity contribution in [3.8, 4) is 0 Å². The van der Waals surface area contributed by atoms with Gasteiger partial charge < -0.3 is 0 Å². The standard InChI is InChI=1S/C7H11Cl2N/c1-4-5(8)2-10-3-6(10)7(4)9/h4-7H,2-3H2,1H3. The molecule has 2 aliphatic rings. The van der Waals surface area contributed by atoms with Crippen LogP contribution in [0.5, 0.6) is 0 Å². The van der Waals surface area contributed by atoms with Gasteiger partial charge in [0.2, 0.25) is 0 Å². The van der Waals surface area contributed by atoms with E-state index in [1.807, 2.05) is 0 Å². The Kier molecular flexibility index (Phi) is 1.63. The van der Waals surface area contributed by atoms with Gasteiger partial charge in [-0.3, -0.25) is 4.90 Å². The molecular weight excluding hydrogens is 169 g/mol. The molecule has 1 nitrogen and oxygen atoms in total. The van der Waals surface area contributed by atoms with E-state index in [-0.39, 0.29) is 10.8 Å². The van der Waals surface area contributed by atoms with E-state index in [0.717, 1.165) is 6.54 Å². The van der Waals surface area contributed by atoms with Gasteiger partial charge in [0, 0.05) is 19.1 Å². The first-order valence-electron chi connectivity index (χ1n) is 3.72. The van der Waals surface area contributed by atoms with Crippen molar-refractivity contribution < 1.29 is 0 Å². The molecule has 10 heavy (non-hydrogen) atoms. The highest BCUT2D eigenvalue weighted by Gasteiger charge is 2.48. The van der Waals surface area contributed by atoms with Crippen LogP contribution in [-0.2, 0) is 0 Å². The molecule has 0 saturated carbocycles. The van der Waals surface area contributed by atoms with E-state index in [1.54, 1.807) is 0 Å². The summed E-state index contributed by atoms with van der Waals surface area (Å²) in [6, 6.07) is 0.645. The van der Waals surface area contributed by atoms with Crippen molar-refractivity contribution in [3.05, 3.63) is 0 Å². The largest absolute Gasteiger partial charge is 0.295 e. The van der Waals surface area contributed by atoms with Crippen LogP contribution in [0.2, 0.25) is 0 Å².